The van der Waals surface area contributed by atoms with E-state index in [2.05, 4.69) is 20.6 Å². The summed E-state index contributed by atoms with van der Waals surface area (Å²) in [6, 6.07) is 33.5. The van der Waals surface area contributed by atoms with Crippen molar-refractivity contribution in [3.8, 4) is 11.5 Å². The number of rotatable bonds is 18. The molecule has 0 fully saturated rings. The Morgan fingerprint density at radius 1 is 0.517 bits per heavy atom. The number of carbonyl (C=O) groups is 4. The van der Waals surface area contributed by atoms with E-state index in [9.17, 15) is 58.7 Å². The van der Waals surface area contributed by atoms with Gasteiger partial charge in [0.05, 0.1) is 37.9 Å². The Balaban J connectivity index is 0.000000273. The summed E-state index contributed by atoms with van der Waals surface area (Å²) in [5.41, 5.74) is -7.00. The number of alkyl halides is 8. The maximum absolute atomic E-state index is 15.2. The maximum atomic E-state index is 15.2. The SMILES string of the molecule is CC(C)(C)OC(=O)COc1cc(F)cc([C@](Cc2ccccc2)(NC(=O)c2ccc(F)c(C(F)(F)F)c2)c2ccc(Cl)cn2)c1.ClCCl.O=C(O)COc1cc(F)cc([C@](Cc2ccccc2)(NC(=O)c2ccc(F)c(C(F)(F)F)c2)c2ccc(Cl)cn2)c1. The molecule has 8 rings (SSSR count). The van der Waals surface area contributed by atoms with Crippen LogP contribution in [-0.2, 0) is 50.6 Å². The summed E-state index contributed by atoms with van der Waals surface area (Å²) >= 11 is 21.7. The van der Waals surface area contributed by atoms with Crippen molar-refractivity contribution in [1.29, 1.82) is 0 Å². The van der Waals surface area contributed by atoms with Crippen molar-refractivity contribution in [1.82, 2.24) is 20.6 Å². The standard InChI is InChI=1S/C33H28ClF5N2O4.C29H20ClF5N2O4.CH2Cl2/c1-31(2,3)45-29(42)19-44-25-15-22(14-24(35)16-25)32(17-20-7-5-4-6-8-20,28-12-10-23(34)18-40-28)41-30(43)21-9-11-27(36)26(13-21)33(37,38)39;30-20-7-9-25(36-15-20)28(14-17-4-2-1-3-5-17,19-11-21(31)13-22(12-19)41-16-26(38)39)37-27(40)18-6-8-24(32)23(10-18)29(33,34)35;2-1-3/h4-16,18H,17,19H2,1-3H3,(H,41,43);1-13,15H,14,16H2,(H,37,40)(H,38,39);1H2/t32-;28-;/m00./s1. The van der Waals surface area contributed by atoms with Crippen molar-refractivity contribution in [2.45, 2.75) is 62.6 Å². The van der Waals surface area contributed by atoms with Gasteiger partial charge in [-0.2, -0.15) is 26.3 Å². The number of carbonyl (C=O) groups excluding carboxylic acids is 3. The first-order valence-electron chi connectivity index (χ1n) is 26.0. The molecule has 89 heavy (non-hydrogen) atoms. The number of carboxylic acid groups (broad SMARTS) is 1. The number of aromatic nitrogens is 2. The number of amides is 2. The molecule has 468 valence electrons. The van der Waals surface area contributed by atoms with Gasteiger partial charge in [0.25, 0.3) is 11.8 Å². The van der Waals surface area contributed by atoms with E-state index in [4.69, 9.17) is 65.7 Å². The average Bonchev–Trinajstić information content (AvgIpc) is 1.48. The Morgan fingerprint density at radius 3 is 1.24 bits per heavy atom. The largest absolute Gasteiger partial charge is 0.482 e. The summed E-state index contributed by atoms with van der Waals surface area (Å²) in [6.45, 7) is 3.65. The van der Waals surface area contributed by atoms with Crippen LogP contribution in [0.2, 0.25) is 10.0 Å². The van der Waals surface area contributed by atoms with Crippen LogP contribution < -0.4 is 20.1 Å². The van der Waals surface area contributed by atoms with Gasteiger partial charge in [0, 0.05) is 48.5 Å². The van der Waals surface area contributed by atoms with Crippen molar-refractivity contribution < 1.29 is 82.4 Å². The molecule has 0 aliphatic carbocycles. The van der Waals surface area contributed by atoms with Crippen LogP contribution >= 0.6 is 46.4 Å². The van der Waals surface area contributed by atoms with E-state index in [1.807, 2.05) is 0 Å². The van der Waals surface area contributed by atoms with Crippen LogP contribution in [-0.4, -0.2) is 63.0 Å². The number of nitrogens with one attached hydrogen (secondary N) is 2. The van der Waals surface area contributed by atoms with Gasteiger partial charge in [-0.1, -0.05) is 83.9 Å². The van der Waals surface area contributed by atoms with Gasteiger partial charge in [-0.05, 0) is 128 Å². The maximum Gasteiger partial charge on any atom is 0.419 e. The van der Waals surface area contributed by atoms with Crippen LogP contribution in [0.1, 0.15) is 86.3 Å². The first-order valence-corrected chi connectivity index (χ1v) is 27.8. The lowest BCUT2D eigenvalue weighted by Gasteiger charge is -2.36. The predicted octanol–water partition coefficient (Wildman–Crippen LogP) is 15.5. The van der Waals surface area contributed by atoms with Gasteiger partial charge in [-0.25, -0.2) is 27.2 Å². The van der Waals surface area contributed by atoms with Gasteiger partial charge in [-0.3, -0.25) is 19.6 Å². The number of carboxylic acids is 1. The van der Waals surface area contributed by atoms with Crippen molar-refractivity contribution in [3.63, 3.8) is 0 Å². The monoisotopic (exact) mass is 1320 g/mol. The predicted molar refractivity (Wildman–Crippen MR) is 312 cm³/mol. The van der Waals surface area contributed by atoms with Crippen LogP contribution in [0.5, 0.6) is 11.5 Å². The molecular formula is C63H50Cl4F10N4O8. The summed E-state index contributed by atoms with van der Waals surface area (Å²) in [4.78, 5) is 59.4. The number of hydrogen-bond acceptors (Lipinski definition) is 9. The molecule has 2 aromatic heterocycles. The lowest BCUT2D eigenvalue weighted by Crippen LogP contribution is -2.49. The van der Waals surface area contributed by atoms with E-state index in [0.29, 0.717) is 35.4 Å². The Morgan fingerprint density at radius 2 is 0.899 bits per heavy atom. The second kappa shape index (κ2) is 30.2. The molecule has 0 aliphatic heterocycles. The second-order valence-corrected chi connectivity index (χ2v) is 21.8. The minimum Gasteiger partial charge on any atom is -0.482 e. The van der Waals surface area contributed by atoms with Crippen LogP contribution in [0.15, 0.2) is 170 Å². The van der Waals surface area contributed by atoms with Crippen molar-refractivity contribution in [3.05, 3.63) is 259 Å². The number of ether oxygens (including phenoxy) is 3. The second-order valence-electron chi connectivity index (χ2n) is 20.2. The van der Waals surface area contributed by atoms with E-state index in [0.717, 1.165) is 36.4 Å². The van der Waals surface area contributed by atoms with Gasteiger partial charge < -0.3 is 30.0 Å². The molecule has 0 saturated heterocycles. The van der Waals surface area contributed by atoms with Crippen LogP contribution in [0, 0.1) is 23.3 Å². The molecule has 3 N–H and O–H groups in total. The molecule has 12 nitrogen and oxygen atoms in total. The number of benzene rings is 6. The fourth-order valence-corrected chi connectivity index (χ4v) is 9.07. The zero-order valence-corrected chi connectivity index (χ0v) is 49.7. The lowest BCUT2D eigenvalue weighted by atomic mass is 9.80. The van der Waals surface area contributed by atoms with E-state index < -0.39 is 112 Å². The van der Waals surface area contributed by atoms with E-state index >= 15 is 4.39 Å². The zero-order valence-electron chi connectivity index (χ0n) is 46.7. The van der Waals surface area contributed by atoms with E-state index in [1.54, 1.807) is 81.4 Å². The highest BCUT2D eigenvalue weighted by Gasteiger charge is 2.43. The fourth-order valence-electron chi connectivity index (χ4n) is 8.85. The highest BCUT2D eigenvalue weighted by Crippen LogP contribution is 2.40. The number of esters is 1. The molecule has 0 unspecified atom stereocenters. The summed E-state index contributed by atoms with van der Waals surface area (Å²) in [7, 11) is 0. The number of nitrogens with zero attached hydrogens (tertiary/aromatic N) is 2. The van der Waals surface area contributed by atoms with Gasteiger partial charge in [0.15, 0.2) is 13.2 Å². The molecule has 2 atom stereocenters. The van der Waals surface area contributed by atoms with Gasteiger partial charge in [0.2, 0.25) is 0 Å². The third kappa shape index (κ3) is 19.5. The van der Waals surface area contributed by atoms with Gasteiger partial charge >= 0.3 is 24.3 Å². The highest BCUT2D eigenvalue weighted by molar-refractivity contribution is 6.40. The zero-order chi connectivity index (χ0) is 65.5. The van der Waals surface area contributed by atoms with Crippen LogP contribution in [0.3, 0.4) is 0 Å². The van der Waals surface area contributed by atoms with Crippen molar-refractivity contribution in [2.24, 2.45) is 0 Å². The summed E-state index contributed by atoms with van der Waals surface area (Å²) < 4.78 is 155. The molecule has 0 spiro atoms. The molecule has 8 aromatic rings. The molecule has 2 amide bonds. The number of aliphatic carboxylic acids is 1. The third-order valence-electron chi connectivity index (χ3n) is 12.5. The molecule has 0 saturated carbocycles. The average molecular weight is 1320 g/mol. The molecule has 2 heterocycles. The summed E-state index contributed by atoms with van der Waals surface area (Å²) in [5.74, 6) is -9.20. The fraction of sp³-hybridized carbons (Fsp3) is 0.206. The molecule has 0 bridgehead atoms. The lowest BCUT2D eigenvalue weighted by molar-refractivity contribution is -0.157. The Labute approximate surface area is 522 Å². The van der Waals surface area contributed by atoms with Gasteiger partial charge in [-0.15, -0.1) is 23.2 Å². The number of halogens is 14. The molecule has 26 heteroatoms. The van der Waals surface area contributed by atoms with Crippen LogP contribution in [0.25, 0.3) is 0 Å². The van der Waals surface area contributed by atoms with Crippen LogP contribution in [0.4, 0.5) is 43.9 Å². The Kier molecular flexibility index (Phi) is 23.6. The quantitative estimate of drug-likeness (QED) is 0.0428. The van der Waals surface area contributed by atoms with Gasteiger partial charge in [0.1, 0.15) is 51.4 Å². The minimum atomic E-state index is -5.07. The first-order chi connectivity index (χ1) is 41.8. The molecule has 0 radical (unpaired) electrons. The molecule has 6 aromatic carbocycles. The minimum absolute atomic E-state index is 0.0306. The Bertz CT molecular complexity index is 3760. The smallest absolute Gasteiger partial charge is 0.419 e. The van der Waals surface area contributed by atoms with E-state index in [-0.39, 0.29) is 62.2 Å². The summed E-state index contributed by atoms with van der Waals surface area (Å²) in [6.07, 6.45) is -7.74. The first kappa shape index (κ1) is 69.7. The highest BCUT2D eigenvalue weighted by atomic mass is 35.5. The normalized spacial score (nSPS) is 12.7. The van der Waals surface area contributed by atoms with E-state index in [1.165, 1.54) is 48.8 Å². The number of pyridine rings is 2. The van der Waals surface area contributed by atoms with Crippen molar-refractivity contribution >= 4 is 70.2 Å². The molecule has 0 aliphatic rings. The van der Waals surface area contributed by atoms with Crippen molar-refractivity contribution in [2.75, 3.05) is 18.6 Å². The number of hydrogen-bond donors (Lipinski definition) is 3. The summed E-state index contributed by atoms with van der Waals surface area (Å²) in [5, 5.41) is 15.1. The topological polar surface area (TPSA) is 166 Å². The third-order valence-corrected chi connectivity index (χ3v) is 13.0. The molecular weight excluding hydrogens is 1270 g/mol. The Hall–Kier alpha value is -8.44.